The van der Waals surface area contributed by atoms with Gasteiger partial charge in [-0.2, -0.15) is 0 Å². The van der Waals surface area contributed by atoms with Crippen LogP contribution in [0.3, 0.4) is 0 Å². The lowest BCUT2D eigenvalue weighted by Gasteiger charge is -2.48. The fourth-order valence-electron chi connectivity index (χ4n) is 4.89. The van der Waals surface area contributed by atoms with Gasteiger partial charge in [0.2, 0.25) is 5.91 Å². The molecular formula is C21H30N2O2. The first-order valence-electron chi connectivity index (χ1n) is 9.78. The van der Waals surface area contributed by atoms with Crippen LogP contribution in [0, 0.1) is 11.3 Å². The van der Waals surface area contributed by atoms with Crippen molar-refractivity contribution in [1.29, 1.82) is 0 Å². The van der Waals surface area contributed by atoms with E-state index in [0.717, 1.165) is 38.9 Å². The molecule has 0 bridgehead atoms. The Hall–Kier alpha value is -1.39. The minimum Gasteiger partial charge on any atom is -0.384 e. The molecule has 4 nitrogen and oxygen atoms in total. The first-order chi connectivity index (χ1) is 12.2. The third-order valence-electron chi connectivity index (χ3n) is 6.43. The highest BCUT2D eigenvalue weighted by Gasteiger charge is 2.52. The summed E-state index contributed by atoms with van der Waals surface area (Å²) in [6, 6.07) is 11.4. The number of benzene rings is 1. The van der Waals surface area contributed by atoms with Crippen LogP contribution in [0.2, 0.25) is 0 Å². The molecule has 0 N–H and O–H groups in total. The summed E-state index contributed by atoms with van der Waals surface area (Å²) in [5, 5.41) is 0. The zero-order valence-electron chi connectivity index (χ0n) is 15.3. The van der Waals surface area contributed by atoms with Crippen LogP contribution in [0.15, 0.2) is 30.3 Å². The molecular weight excluding hydrogens is 312 g/mol. The van der Waals surface area contributed by atoms with Crippen molar-refractivity contribution in [3.05, 3.63) is 35.9 Å². The molecule has 2 atom stereocenters. The van der Waals surface area contributed by atoms with Gasteiger partial charge in [0.25, 0.3) is 0 Å². The van der Waals surface area contributed by atoms with Gasteiger partial charge < -0.3 is 9.64 Å². The number of amides is 1. The Morgan fingerprint density at radius 2 is 2.00 bits per heavy atom. The Morgan fingerprint density at radius 1 is 1.20 bits per heavy atom. The molecule has 3 aliphatic rings. The first-order valence-corrected chi connectivity index (χ1v) is 9.78. The molecule has 136 valence electrons. The standard InChI is InChI=1S/C21H30N2O2/c1-25-16-21(10-11-21)20(24)23-13-9-19-18(15-23)8-5-12-22(19)14-17-6-3-2-4-7-17/h2-4,6-7,18-19H,5,8-16H2,1H3/t18-,19-/m1/s1. The van der Waals surface area contributed by atoms with E-state index in [1.165, 1.54) is 24.9 Å². The van der Waals surface area contributed by atoms with Gasteiger partial charge in [0.15, 0.2) is 0 Å². The summed E-state index contributed by atoms with van der Waals surface area (Å²) in [7, 11) is 1.71. The van der Waals surface area contributed by atoms with Crippen molar-refractivity contribution in [2.24, 2.45) is 11.3 Å². The van der Waals surface area contributed by atoms with Crippen LogP contribution in [0.25, 0.3) is 0 Å². The van der Waals surface area contributed by atoms with Crippen molar-refractivity contribution in [1.82, 2.24) is 9.80 Å². The second kappa shape index (κ2) is 7.08. The van der Waals surface area contributed by atoms with E-state index in [9.17, 15) is 4.79 Å². The maximum Gasteiger partial charge on any atom is 0.231 e. The molecule has 4 heteroatoms. The van der Waals surface area contributed by atoms with Crippen molar-refractivity contribution >= 4 is 5.91 Å². The minimum atomic E-state index is -0.181. The molecule has 4 rings (SSSR count). The second-order valence-corrected chi connectivity index (χ2v) is 8.18. The molecule has 0 radical (unpaired) electrons. The zero-order valence-corrected chi connectivity index (χ0v) is 15.3. The minimum absolute atomic E-state index is 0.181. The number of methoxy groups -OCH3 is 1. The van der Waals surface area contributed by atoms with Crippen molar-refractivity contribution in [3.63, 3.8) is 0 Å². The maximum atomic E-state index is 13.0. The predicted molar refractivity (Wildman–Crippen MR) is 98.1 cm³/mol. The Labute approximate surface area is 151 Å². The molecule has 1 amide bonds. The Morgan fingerprint density at radius 3 is 2.72 bits per heavy atom. The van der Waals surface area contributed by atoms with Crippen LogP contribution in [-0.2, 0) is 16.1 Å². The fourth-order valence-corrected chi connectivity index (χ4v) is 4.89. The topological polar surface area (TPSA) is 32.8 Å². The molecule has 0 unspecified atom stereocenters. The number of rotatable bonds is 5. The lowest BCUT2D eigenvalue weighted by atomic mass is 9.83. The highest BCUT2D eigenvalue weighted by molar-refractivity contribution is 5.85. The Bertz CT molecular complexity index is 599. The van der Waals surface area contributed by atoms with Crippen LogP contribution >= 0.6 is 0 Å². The average Bonchev–Trinajstić information content (AvgIpc) is 3.43. The molecule has 3 fully saturated rings. The third-order valence-corrected chi connectivity index (χ3v) is 6.43. The maximum absolute atomic E-state index is 13.0. The van der Waals surface area contributed by atoms with Gasteiger partial charge in [-0.25, -0.2) is 0 Å². The molecule has 1 aromatic carbocycles. The summed E-state index contributed by atoms with van der Waals surface area (Å²) in [6.45, 7) is 4.69. The number of hydrogen-bond donors (Lipinski definition) is 0. The summed E-state index contributed by atoms with van der Waals surface area (Å²) in [6.07, 6.45) is 5.64. The number of carbonyl (C=O) groups excluding carboxylic acids is 1. The largest absolute Gasteiger partial charge is 0.384 e. The van der Waals surface area contributed by atoms with Gasteiger partial charge in [0.05, 0.1) is 12.0 Å². The summed E-state index contributed by atoms with van der Waals surface area (Å²) in [5.74, 6) is 0.987. The number of likely N-dealkylation sites (tertiary alicyclic amines) is 2. The molecule has 2 aliphatic heterocycles. The normalized spacial score (nSPS) is 28.4. The number of ether oxygens (including phenoxy) is 1. The van der Waals surface area contributed by atoms with Crippen LogP contribution < -0.4 is 0 Å². The molecule has 1 aromatic rings. The summed E-state index contributed by atoms with van der Waals surface area (Å²) >= 11 is 0. The van der Waals surface area contributed by atoms with E-state index in [-0.39, 0.29) is 5.41 Å². The van der Waals surface area contributed by atoms with E-state index in [0.29, 0.717) is 24.5 Å². The lowest BCUT2D eigenvalue weighted by Crippen LogP contribution is -2.56. The van der Waals surface area contributed by atoms with Crippen molar-refractivity contribution in [2.45, 2.75) is 44.7 Å². The molecule has 2 saturated heterocycles. The molecule has 0 spiro atoms. The SMILES string of the molecule is COCC1(C(=O)N2CC[C@@H]3[C@H](CCCN3Cc3ccccc3)C2)CC1. The summed E-state index contributed by atoms with van der Waals surface area (Å²) in [4.78, 5) is 17.8. The van der Waals surface area contributed by atoms with Crippen LogP contribution in [0.4, 0.5) is 0 Å². The van der Waals surface area contributed by atoms with E-state index >= 15 is 0 Å². The number of carbonyl (C=O) groups is 1. The van der Waals surface area contributed by atoms with Crippen LogP contribution in [0.5, 0.6) is 0 Å². The Balaban J connectivity index is 1.39. The average molecular weight is 342 g/mol. The fraction of sp³-hybridized carbons (Fsp3) is 0.667. The monoisotopic (exact) mass is 342 g/mol. The zero-order chi connectivity index (χ0) is 17.3. The summed E-state index contributed by atoms with van der Waals surface area (Å²) in [5.41, 5.74) is 1.22. The van der Waals surface area contributed by atoms with E-state index in [1.54, 1.807) is 7.11 Å². The van der Waals surface area contributed by atoms with Gasteiger partial charge >= 0.3 is 0 Å². The highest BCUT2D eigenvalue weighted by atomic mass is 16.5. The molecule has 2 heterocycles. The molecule has 25 heavy (non-hydrogen) atoms. The van der Waals surface area contributed by atoms with E-state index < -0.39 is 0 Å². The first kappa shape index (κ1) is 17.0. The lowest BCUT2D eigenvalue weighted by molar-refractivity contribution is -0.142. The van der Waals surface area contributed by atoms with Crippen molar-refractivity contribution < 1.29 is 9.53 Å². The van der Waals surface area contributed by atoms with Crippen molar-refractivity contribution in [3.8, 4) is 0 Å². The Kier molecular flexibility index (Phi) is 4.83. The number of hydrogen-bond acceptors (Lipinski definition) is 3. The highest BCUT2D eigenvalue weighted by Crippen LogP contribution is 2.48. The number of piperidine rings is 2. The van der Waals surface area contributed by atoms with Gasteiger partial charge in [0.1, 0.15) is 0 Å². The number of fused-ring (bicyclic) bond motifs is 1. The van der Waals surface area contributed by atoms with Gasteiger partial charge in [-0.15, -0.1) is 0 Å². The van der Waals surface area contributed by atoms with Gasteiger partial charge in [0, 0.05) is 32.8 Å². The van der Waals surface area contributed by atoms with Gasteiger partial charge in [-0.05, 0) is 50.1 Å². The van der Waals surface area contributed by atoms with Crippen LogP contribution in [0.1, 0.15) is 37.7 Å². The number of nitrogens with zero attached hydrogens (tertiary/aromatic N) is 2. The van der Waals surface area contributed by atoms with Gasteiger partial charge in [-0.1, -0.05) is 30.3 Å². The van der Waals surface area contributed by atoms with E-state index in [1.807, 2.05) is 0 Å². The molecule has 1 saturated carbocycles. The molecule has 0 aromatic heterocycles. The third kappa shape index (κ3) is 3.47. The van der Waals surface area contributed by atoms with E-state index in [4.69, 9.17) is 4.74 Å². The van der Waals surface area contributed by atoms with Crippen molar-refractivity contribution in [2.75, 3.05) is 33.4 Å². The molecule has 1 aliphatic carbocycles. The summed E-state index contributed by atoms with van der Waals surface area (Å²) < 4.78 is 5.32. The second-order valence-electron chi connectivity index (χ2n) is 8.18. The van der Waals surface area contributed by atoms with Gasteiger partial charge in [-0.3, -0.25) is 9.69 Å². The predicted octanol–water partition coefficient (Wildman–Crippen LogP) is 2.93. The van der Waals surface area contributed by atoms with Crippen LogP contribution in [-0.4, -0.2) is 55.1 Å². The van der Waals surface area contributed by atoms with E-state index in [2.05, 4.69) is 40.1 Å². The quantitative estimate of drug-likeness (QED) is 0.825. The smallest absolute Gasteiger partial charge is 0.231 e.